The van der Waals surface area contributed by atoms with Crippen molar-refractivity contribution in [1.29, 1.82) is 5.26 Å². The fraction of sp³-hybridized carbons (Fsp3) is 0.400. The number of rotatable bonds is 5. The van der Waals surface area contributed by atoms with E-state index >= 15 is 0 Å². The zero-order valence-electron chi connectivity index (χ0n) is 12.3. The van der Waals surface area contributed by atoms with Gasteiger partial charge in [0.25, 0.3) is 0 Å². The molecule has 0 spiro atoms. The zero-order chi connectivity index (χ0) is 15.4. The van der Waals surface area contributed by atoms with Crippen LogP contribution in [0.4, 0.5) is 4.39 Å². The number of nitrogens with zero attached hydrogens (tertiary/aromatic N) is 4. The van der Waals surface area contributed by atoms with Crippen LogP contribution in [0.25, 0.3) is 11.4 Å². The molecule has 5 nitrogen and oxygen atoms in total. The van der Waals surface area contributed by atoms with Crippen LogP contribution in [0.3, 0.4) is 0 Å². The molecule has 2 aromatic rings. The molecule has 21 heavy (non-hydrogen) atoms. The topological polar surface area (TPSA) is 66.0 Å². The summed E-state index contributed by atoms with van der Waals surface area (Å²) in [6.45, 7) is 4.62. The van der Waals surface area contributed by atoms with E-state index in [-0.39, 0.29) is 11.7 Å². The first kappa shape index (κ1) is 15.1. The van der Waals surface area contributed by atoms with Crippen molar-refractivity contribution in [3.05, 3.63) is 35.5 Å². The molecule has 1 aromatic heterocycles. The molecule has 0 bridgehead atoms. The predicted octanol–water partition coefficient (Wildman–Crippen LogP) is 2.78. The Bertz CT molecular complexity index is 662. The van der Waals surface area contributed by atoms with E-state index in [9.17, 15) is 4.39 Å². The minimum Gasteiger partial charge on any atom is -0.338 e. The molecular weight excluding hydrogens is 271 g/mol. The Morgan fingerprint density at radius 2 is 2.24 bits per heavy atom. The van der Waals surface area contributed by atoms with E-state index in [1.807, 2.05) is 18.9 Å². The lowest BCUT2D eigenvalue weighted by Gasteiger charge is -2.14. The van der Waals surface area contributed by atoms with E-state index < -0.39 is 0 Å². The molecule has 0 radical (unpaired) electrons. The number of nitriles is 1. The molecule has 0 N–H and O–H groups in total. The third-order valence-electron chi connectivity index (χ3n) is 3.11. The normalized spacial score (nSPS) is 12.4. The molecule has 0 amide bonds. The quantitative estimate of drug-likeness (QED) is 0.846. The van der Waals surface area contributed by atoms with E-state index in [0.29, 0.717) is 35.9 Å². The van der Waals surface area contributed by atoms with Gasteiger partial charge in [0.1, 0.15) is 5.82 Å². The first-order valence-electron chi connectivity index (χ1n) is 6.67. The zero-order valence-corrected chi connectivity index (χ0v) is 12.3. The van der Waals surface area contributed by atoms with Crippen LogP contribution in [-0.2, 0) is 6.54 Å². The average molecular weight is 288 g/mol. The van der Waals surface area contributed by atoms with Gasteiger partial charge in [-0.15, -0.1) is 0 Å². The average Bonchev–Trinajstić information content (AvgIpc) is 2.90. The predicted molar refractivity (Wildman–Crippen MR) is 75.5 cm³/mol. The van der Waals surface area contributed by atoms with Gasteiger partial charge >= 0.3 is 0 Å². The van der Waals surface area contributed by atoms with Gasteiger partial charge in [0, 0.05) is 12.1 Å². The highest BCUT2D eigenvalue weighted by atomic mass is 19.1. The van der Waals surface area contributed by atoms with Crippen molar-refractivity contribution in [2.24, 2.45) is 5.92 Å². The van der Waals surface area contributed by atoms with E-state index in [1.165, 1.54) is 6.07 Å². The minimum absolute atomic E-state index is 0.0661. The second-order valence-corrected chi connectivity index (χ2v) is 5.20. The summed E-state index contributed by atoms with van der Waals surface area (Å²) in [6.07, 6.45) is 0. The largest absolute Gasteiger partial charge is 0.338 e. The summed E-state index contributed by atoms with van der Waals surface area (Å²) in [6, 6.07) is 7.01. The molecule has 1 unspecified atom stereocenters. The highest BCUT2D eigenvalue weighted by molar-refractivity contribution is 5.54. The lowest BCUT2D eigenvalue weighted by atomic mass is 10.1. The minimum atomic E-state index is -0.293. The Balaban J connectivity index is 2.07. The van der Waals surface area contributed by atoms with Gasteiger partial charge in [-0.05, 0) is 32.5 Å². The fourth-order valence-corrected chi connectivity index (χ4v) is 1.97. The SMILES string of the molecule is Cc1ccc(-c2noc(CN(C)CC(C)C#N)n2)cc1F. The van der Waals surface area contributed by atoms with Crippen molar-refractivity contribution in [3.8, 4) is 17.5 Å². The van der Waals surface area contributed by atoms with Crippen LogP contribution in [0.5, 0.6) is 0 Å². The molecule has 0 aliphatic carbocycles. The molecule has 0 saturated carbocycles. The summed E-state index contributed by atoms with van der Waals surface area (Å²) in [4.78, 5) is 6.19. The van der Waals surface area contributed by atoms with E-state index in [1.54, 1.807) is 19.1 Å². The summed E-state index contributed by atoms with van der Waals surface area (Å²) in [5.41, 5.74) is 1.16. The van der Waals surface area contributed by atoms with Crippen LogP contribution >= 0.6 is 0 Å². The van der Waals surface area contributed by atoms with Crippen molar-refractivity contribution in [1.82, 2.24) is 15.0 Å². The third kappa shape index (κ3) is 3.86. The molecular formula is C15H17FN4O. The number of aromatic nitrogens is 2. The van der Waals surface area contributed by atoms with Gasteiger partial charge in [-0.3, -0.25) is 4.90 Å². The highest BCUT2D eigenvalue weighted by Crippen LogP contribution is 2.19. The molecule has 0 aliphatic rings. The Hall–Kier alpha value is -2.26. The van der Waals surface area contributed by atoms with Crippen LogP contribution in [0.1, 0.15) is 18.4 Å². The Morgan fingerprint density at radius 3 is 2.90 bits per heavy atom. The summed E-state index contributed by atoms with van der Waals surface area (Å²) >= 11 is 0. The third-order valence-corrected chi connectivity index (χ3v) is 3.11. The Labute approximate surface area is 123 Å². The van der Waals surface area contributed by atoms with Gasteiger partial charge in [0.15, 0.2) is 0 Å². The molecule has 1 atom stereocenters. The van der Waals surface area contributed by atoms with Crippen LogP contribution in [0.15, 0.2) is 22.7 Å². The summed E-state index contributed by atoms with van der Waals surface area (Å²) < 4.78 is 18.7. The van der Waals surface area contributed by atoms with Gasteiger partial charge in [-0.25, -0.2) is 4.39 Å². The number of hydrogen-bond acceptors (Lipinski definition) is 5. The number of halogens is 1. The fourth-order valence-electron chi connectivity index (χ4n) is 1.97. The summed E-state index contributed by atoms with van der Waals surface area (Å²) in [5, 5.41) is 12.7. The molecule has 1 aromatic carbocycles. The number of hydrogen-bond donors (Lipinski definition) is 0. The summed E-state index contributed by atoms with van der Waals surface area (Å²) in [5.74, 6) is 0.451. The molecule has 1 heterocycles. The van der Waals surface area contributed by atoms with Crippen molar-refractivity contribution in [3.63, 3.8) is 0 Å². The molecule has 0 saturated heterocycles. The van der Waals surface area contributed by atoms with Crippen LogP contribution in [0.2, 0.25) is 0 Å². The first-order chi connectivity index (χ1) is 9.99. The van der Waals surface area contributed by atoms with Gasteiger partial charge in [-0.2, -0.15) is 10.2 Å². The Kier molecular flexibility index (Phi) is 4.66. The van der Waals surface area contributed by atoms with Crippen molar-refractivity contribution < 1.29 is 8.91 Å². The standard InChI is InChI=1S/C15H17FN4O/c1-10(7-17)8-20(3)9-14-18-15(19-21-14)12-5-4-11(2)13(16)6-12/h4-6,10H,8-9H2,1-3H3. The second-order valence-electron chi connectivity index (χ2n) is 5.20. The van der Waals surface area contributed by atoms with Crippen molar-refractivity contribution >= 4 is 0 Å². The van der Waals surface area contributed by atoms with Crippen molar-refractivity contribution in [2.45, 2.75) is 20.4 Å². The van der Waals surface area contributed by atoms with Gasteiger partial charge < -0.3 is 4.52 Å². The van der Waals surface area contributed by atoms with E-state index in [4.69, 9.17) is 9.78 Å². The number of benzene rings is 1. The van der Waals surface area contributed by atoms with E-state index in [2.05, 4.69) is 16.2 Å². The summed E-state index contributed by atoms with van der Waals surface area (Å²) in [7, 11) is 1.88. The maximum absolute atomic E-state index is 13.5. The van der Waals surface area contributed by atoms with Crippen molar-refractivity contribution in [2.75, 3.05) is 13.6 Å². The van der Waals surface area contributed by atoms with Gasteiger partial charge in [0.2, 0.25) is 11.7 Å². The van der Waals surface area contributed by atoms with E-state index in [0.717, 1.165) is 0 Å². The molecule has 0 fully saturated rings. The lowest BCUT2D eigenvalue weighted by molar-refractivity contribution is 0.253. The molecule has 0 aliphatic heterocycles. The van der Waals surface area contributed by atoms with Gasteiger partial charge in [0.05, 0.1) is 18.5 Å². The Morgan fingerprint density at radius 1 is 1.48 bits per heavy atom. The molecule has 6 heteroatoms. The number of aryl methyl sites for hydroxylation is 1. The molecule has 110 valence electrons. The molecule has 2 rings (SSSR count). The van der Waals surface area contributed by atoms with Crippen LogP contribution in [-0.4, -0.2) is 28.6 Å². The second kappa shape index (κ2) is 6.46. The van der Waals surface area contributed by atoms with Crippen LogP contribution < -0.4 is 0 Å². The maximum Gasteiger partial charge on any atom is 0.241 e. The van der Waals surface area contributed by atoms with Gasteiger partial charge in [-0.1, -0.05) is 17.3 Å². The maximum atomic E-state index is 13.5. The monoisotopic (exact) mass is 288 g/mol. The smallest absolute Gasteiger partial charge is 0.241 e. The van der Waals surface area contributed by atoms with Crippen LogP contribution in [0, 0.1) is 30.0 Å². The first-order valence-corrected chi connectivity index (χ1v) is 6.67. The highest BCUT2D eigenvalue weighted by Gasteiger charge is 2.13. The lowest BCUT2D eigenvalue weighted by Crippen LogP contribution is -2.23.